The number of halogens is 2. The van der Waals surface area contributed by atoms with Gasteiger partial charge in [0.1, 0.15) is 5.75 Å². The Bertz CT molecular complexity index is 1190. The molecule has 3 aliphatic heterocycles. The summed E-state index contributed by atoms with van der Waals surface area (Å²) >= 11 is 12.6. The third kappa shape index (κ3) is 3.62. The minimum Gasteiger partial charge on any atom is -0.470 e. The van der Waals surface area contributed by atoms with Crippen LogP contribution >= 0.6 is 23.2 Å². The molecule has 6 nitrogen and oxygen atoms in total. The second kappa shape index (κ2) is 7.39. The zero-order valence-electron chi connectivity index (χ0n) is 17.2. The molecule has 0 unspecified atom stereocenters. The number of hydrogen-bond donors (Lipinski definition) is 1. The average Bonchev–Trinajstić information content (AvgIpc) is 3.15. The quantitative estimate of drug-likeness (QED) is 0.693. The summed E-state index contributed by atoms with van der Waals surface area (Å²) in [7, 11) is -3.24. The second-order valence-corrected chi connectivity index (χ2v) is 11.2. The first kappa shape index (κ1) is 21.1. The van der Waals surface area contributed by atoms with Crippen molar-refractivity contribution in [2.75, 3.05) is 19.3 Å². The summed E-state index contributed by atoms with van der Waals surface area (Å²) in [4.78, 5) is 0. The maximum atomic E-state index is 12.0. The van der Waals surface area contributed by atoms with Gasteiger partial charge in [-0.25, -0.2) is 12.7 Å². The monoisotopic (exact) mass is 479 g/mol. The number of sulfonamides is 1. The second-order valence-electron chi connectivity index (χ2n) is 8.38. The zero-order valence-corrected chi connectivity index (χ0v) is 19.6. The molecule has 2 aromatic rings. The van der Waals surface area contributed by atoms with E-state index in [1.807, 2.05) is 24.3 Å². The molecule has 3 heterocycles. The van der Waals surface area contributed by atoms with Gasteiger partial charge in [-0.2, -0.15) is 5.01 Å². The van der Waals surface area contributed by atoms with Crippen LogP contribution in [0.3, 0.4) is 0 Å². The Balaban J connectivity index is 1.55. The van der Waals surface area contributed by atoms with E-state index in [1.54, 1.807) is 6.07 Å². The molecule has 0 radical (unpaired) electrons. The first-order chi connectivity index (χ1) is 14.7. The number of benzene rings is 2. The number of piperidine rings is 1. The summed E-state index contributed by atoms with van der Waals surface area (Å²) in [6, 6.07) is 11.6. The number of rotatable bonds is 2. The minimum absolute atomic E-state index is 0.0600. The van der Waals surface area contributed by atoms with Gasteiger partial charge in [0.15, 0.2) is 5.72 Å². The molecule has 1 atom stereocenters. The van der Waals surface area contributed by atoms with Gasteiger partial charge in [-0.05, 0) is 37.3 Å². The van der Waals surface area contributed by atoms with Crippen LogP contribution in [0, 0.1) is 6.92 Å². The average molecular weight is 480 g/mol. The Morgan fingerprint density at radius 3 is 2.55 bits per heavy atom. The molecular weight excluding hydrogens is 457 g/mol. The van der Waals surface area contributed by atoms with Crippen LogP contribution in [0.1, 0.15) is 35.6 Å². The predicted octanol–water partition coefficient (Wildman–Crippen LogP) is 4.35. The lowest BCUT2D eigenvalue weighted by molar-refractivity contribution is -0.153. The van der Waals surface area contributed by atoms with Crippen LogP contribution in [0.2, 0.25) is 10.0 Å². The number of nitrogens with zero attached hydrogens (tertiary/aromatic N) is 2. The van der Waals surface area contributed by atoms with Gasteiger partial charge in [0.25, 0.3) is 0 Å². The van der Waals surface area contributed by atoms with Gasteiger partial charge >= 0.3 is 0 Å². The number of aryl methyl sites for hydroxylation is 1. The van der Waals surface area contributed by atoms with Crippen LogP contribution in [-0.4, -0.2) is 42.8 Å². The van der Waals surface area contributed by atoms with E-state index in [4.69, 9.17) is 27.9 Å². The molecule has 5 rings (SSSR count). The molecule has 3 aliphatic rings. The normalized spacial score (nSPS) is 23.0. The lowest BCUT2D eigenvalue weighted by atomic mass is 9.93. The van der Waals surface area contributed by atoms with Gasteiger partial charge in [-0.15, -0.1) is 0 Å². The highest BCUT2D eigenvalue weighted by atomic mass is 35.5. The van der Waals surface area contributed by atoms with E-state index in [1.165, 1.54) is 10.6 Å². The number of ether oxygens (including phenoxy) is 1. The topological polar surface area (TPSA) is 61.9 Å². The molecule has 9 heteroatoms. The summed E-state index contributed by atoms with van der Waals surface area (Å²) in [6.45, 7) is 2.87. The van der Waals surface area contributed by atoms with Crippen molar-refractivity contribution in [1.82, 2.24) is 14.7 Å². The molecule has 1 fully saturated rings. The fourth-order valence-electron chi connectivity index (χ4n) is 4.67. The van der Waals surface area contributed by atoms with Gasteiger partial charge in [0.05, 0.1) is 23.0 Å². The summed E-state index contributed by atoms with van der Waals surface area (Å²) < 4.78 is 32.2. The van der Waals surface area contributed by atoms with Crippen molar-refractivity contribution in [2.45, 2.75) is 31.5 Å². The van der Waals surface area contributed by atoms with Crippen molar-refractivity contribution in [2.24, 2.45) is 0 Å². The van der Waals surface area contributed by atoms with Crippen LogP contribution in [0.4, 0.5) is 0 Å². The Labute approximate surface area is 192 Å². The maximum Gasteiger partial charge on any atom is 0.211 e. The summed E-state index contributed by atoms with van der Waals surface area (Å²) in [5, 5.41) is 3.27. The molecule has 2 aromatic carbocycles. The van der Waals surface area contributed by atoms with Crippen LogP contribution in [0.25, 0.3) is 5.70 Å². The number of fused-ring (bicyclic) bond motifs is 4. The predicted molar refractivity (Wildman–Crippen MR) is 122 cm³/mol. The molecule has 164 valence electrons. The van der Waals surface area contributed by atoms with Gasteiger partial charge in [0.2, 0.25) is 10.0 Å². The van der Waals surface area contributed by atoms with Crippen LogP contribution < -0.4 is 10.2 Å². The summed E-state index contributed by atoms with van der Waals surface area (Å²) in [5.74, 6) is 0.834. The number of hydrogen-bond acceptors (Lipinski definition) is 5. The van der Waals surface area contributed by atoms with Gasteiger partial charge in [-0.1, -0.05) is 40.9 Å². The first-order valence-corrected chi connectivity index (χ1v) is 12.7. The molecule has 31 heavy (non-hydrogen) atoms. The molecule has 0 bridgehead atoms. The SMILES string of the molecule is Cc1ccc2c(c1)[C@@H]1C=C(c3ccc(Cl)cc3Cl)NN1C1(CCN(S(C)(=O)=O)CC1)O2. The van der Waals surface area contributed by atoms with E-state index in [0.29, 0.717) is 36.0 Å². The highest BCUT2D eigenvalue weighted by Gasteiger charge is 2.52. The Morgan fingerprint density at radius 2 is 1.87 bits per heavy atom. The van der Waals surface area contributed by atoms with E-state index in [2.05, 4.69) is 29.5 Å². The smallest absolute Gasteiger partial charge is 0.211 e. The van der Waals surface area contributed by atoms with Crippen molar-refractivity contribution in [3.63, 3.8) is 0 Å². The van der Waals surface area contributed by atoms with Gasteiger partial charge < -0.3 is 10.2 Å². The Hall–Kier alpha value is -1.77. The molecule has 0 aliphatic carbocycles. The molecule has 1 saturated heterocycles. The molecule has 1 N–H and O–H groups in total. The summed E-state index contributed by atoms with van der Waals surface area (Å²) in [5.41, 5.74) is 6.82. The standard InChI is InChI=1S/C22H23Cl2N3O3S/c1-14-3-6-21-17(11-14)20-13-19(16-5-4-15(23)12-18(16)24)25-27(20)22(30-21)7-9-26(10-8-22)31(2,28)29/h3-6,11-13,20,25H,7-10H2,1-2H3/t20-/m0/s1. The van der Waals surface area contributed by atoms with Crippen molar-refractivity contribution in [1.29, 1.82) is 0 Å². The minimum atomic E-state index is -3.24. The lowest BCUT2D eigenvalue weighted by Gasteiger charge is -2.51. The number of hydrazine groups is 1. The molecule has 0 saturated carbocycles. The van der Waals surface area contributed by atoms with E-state index in [-0.39, 0.29) is 6.04 Å². The highest BCUT2D eigenvalue weighted by Crippen LogP contribution is 2.49. The lowest BCUT2D eigenvalue weighted by Crippen LogP contribution is -2.64. The molecule has 0 aromatic heterocycles. The van der Waals surface area contributed by atoms with Gasteiger partial charge in [0, 0.05) is 42.1 Å². The third-order valence-corrected chi connectivity index (χ3v) is 8.11. The molecular formula is C22H23Cl2N3O3S. The zero-order chi connectivity index (χ0) is 22.0. The Kier molecular flexibility index (Phi) is 5.03. The van der Waals surface area contributed by atoms with Crippen LogP contribution in [0.15, 0.2) is 42.5 Å². The Morgan fingerprint density at radius 1 is 1.13 bits per heavy atom. The van der Waals surface area contributed by atoms with Crippen molar-refractivity contribution in [3.05, 3.63) is 69.2 Å². The third-order valence-electron chi connectivity index (χ3n) is 6.26. The molecule has 1 spiro atoms. The first-order valence-electron chi connectivity index (χ1n) is 10.1. The van der Waals surface area contributed by atoms with E-state index >= 15 is 0 Å². The van der Waals surface area contributed by atoms with Crippen molar-refractivity contribution in [3.8, 4) is 5.75 Å². The van der Waals surface area contributed by atoms with Crippen LogP contribution in [-0.2, 0) is 10.0 Å². The van der Waals surface area contributed by atoms with Crippen molar-refractivity contribution >= 4 is 38.9 Å². The highest BCUT2D eigenvalue weighted by molar-refractivity contribution is 7.88. The fourth-order valence-corrected chi connectivity index (χ4v) is 6.02. The molecule has 0 amide bonds. The van der Waals surface area contributed by atoms with E-state index in [0.717, 1.165) is 28.1 Å². The largest absolute Gasteiger partial charge is 0.470 e. The maximum absolute atomic E-state index is 12.0. The van der Waals surface area contributed by atoms with E-state index in [9.17, 15) is 8.42 Å². The van der Waals surface area contributed by atoms with Crippen molar-refractivity contribution < 1.29 is 13.2 Å². The fraction of sp³-hybridized carbons (Fsp3) is 0.364. The van der Waals surface area contributed by atoms with E-state index < -0.39 is 15.7 Å². The number of nitrogens with one attached hydrogen (secondary N) is 1. The van der Waals surface area contributed by atoms with Crippen LogP contribution in [0.5, 0.6) is 5.75 Å². The van der Waals surface area contributed by atoms with Gasteiger partial charge in [-0.3, -0.25) is 0 Å². The summed E-state index contributed by atoms with van der Waals surface area (Å²) in [6.07, 6.45) is 4.50.